The third kappa shape index (κ3) is 3.34. The van der Waals surface area contributed by atoms with Crippen LogP contribution < -0.4 is 9.47 Å². The minimum atomic E-state index is 0.478. The average Bonchev–Trinajstić information content (AvgIpc) is 2.70. The molecule has 0 atom stereocenters. The number of methoxy groups -OCH3 is 1. The highest BCUT2D eigenvalue weighted by Gasteiger charge is 2.13. The van der Waals surface area contributed by atoms with E-state index in [4.69, 9.17) is 9.47 Å². The van der Waals surface area contributed by atoms with Gasteiger partial charge in [-0.2, -0.15) is 0 Å². The monoisotopic (exact) mass is 356 g/mol. The fourth-order valence-electron chi connectivity index (χ4n) is 3.03. The van der Waals surface area contributed by atoms with Gasteiger partial charge in [0.15, 0.2) is 0 Å². The maximum atomic E-state index is 6.01. The van der Waals surface area contributed by atoms with Crippen LogP contribution in [-0.2, 0) is 0 Å². The molecule has 0 radical (unpaired) electrons. The summed E-state index contributed by atoms with van der Waals surface area (Å²) in [7, 11) is 1.63. The molecule has 4 aromatic rings. The fourth-order valence-corrected chi connectivity index (χ4v) is 3.03. The summed E-state index contributed by atoms with van der Waals surface area (Å²) in [5, 5.41) is 10.8. The standard InChI is InChI=1S/C23H20N2O2/c1-15-11-12-17(13-16(15)2)22-20-9-4-5-10-21(20)23(25-24-22)27-19-8-6-7-18(14-19)26-3/h4-14H,1-3H3. The predicted octanol–water partition coefficient (Wildman–Crippen LogP) is 5.71. The molecule has 4 rings (SSSR count). The summed E-state index contributed by atoms with van der Waals surface area (Å²) in [6.07, 6.45) is 0. The molecular formula is C23H20N2O2. The number of fused-ring (bicyclic) bond motifs is 1. The third-order valence-corrected chi connectivity index (χ3v) is 4.69. The first-order valence-electron chi connectivity index (χ1n) is 8.80. The van der Waals surface area contributed by atoms with E-state index in [2.05, 4.69) is 42.2 Å². The van der Waals surface area contributed by atoms with Gasteiger partial charge in [-0.05, 0) is 49.2 Å². The number of aryl methyl sites for hydroxylation is 2. The van der Waals surface area contributed by atoms with Crippen LogP contribution in [0, 0.1) is 13.8 Å². The van der Waals surface area contributed by atoms with Crippen molar-refractivity contribution < 1.29 is 9.47 Å². The van der Waals surface area contributed by atoms with Gasteiger partial charge in [-0.25, -0.2) is 0 Å². The van der Waals surface area contributed by atoms with Crippen molar-refractivity contribution in [3.05, 3.63) is 77.9 Å². The van der Waals surface area contributed by atoms with Crippen molar-refractivity contribution in [2.45, 2.75) is 13.8 Å². The lowest BCUT2D eigenvalue weighted by Gasteiger charge is -2.12. The highest BCUT2D eigenvalue weighted by Crippen LogP contribution is 2.34. The molecule has 3 aromatic carbocycles. The van der Waals surface area contributed by atoms with E-state index < -0.39 is 0 Å². The number of aromatic nitrogens is 2. The van der Waals surface area contributed by atoms with Crippen LogP contribution in [0.25, 0.3) is 22.0 Å². The summed E-state index contributed by atoms with van der Waals surface area (Å²) in [6, 6.07) is 21.8. The van der Waals surface area contributed by atoms with Crippen molar-refractivity contribution in [1.82, 2.24) is 10.2 Å². The molecule has 134 valence electrons. The van der Waals surface area contributed by atoms with E-state index in [1.165, 1.54) is 11.1 Å². The third-order valence-electron chi connectivity index (χ3n) is 4.69. The topological polar surface area (TPSA) is 44.2 Å². The van der Waals surface area contributed by atoms with Gasteiger partial charge in [0.2, 0.25) is 5.88 Å². The Morgan fingerprint density at radius 2 is 1.48 bits per heavy atom. The van der Waals surface area contributed by atoms with E-state index in [1.807, 2.05) is 48.5 Å². The summed E-state index contributed by atoms with van der Waals surface area (Å²) < 4.78 is 11.3. The Hall–Kier alpha value is -3.40. The Balaban J connectivity index is 1.81. The van der Waals surface area contributed by atoms with Gasteiger partial charge < -0.3 is 9.47 Å². The van der Waals surface area contributed by atoms with Gasteiger partial charge in [0.05, 0.1) is 7.11 Å². The van der Waals surface area contributed by atoms with Crippen LogP contribution in [0.5, 0.6) is 17.4 Å². The number of hydrogen-bond donors (Lipinski definition) is 0. The summed E-state index contributed by atoms with van der Waals surface area (Å²) in [6.45, 7) is 4.21. The van der Waals surface area contributed by atoms with Crippen LogP contribution in [0.4, 0.5) is 0 Å². The van der Waals surface area contributed by atoms with E-state index in [0.717, 1.165) is 27.8 Å². The van der Waals surface area contributed by atoms with Crippen LogP contribution in [0.2, 0.25) is 0 Å². The molecule has 27 heavy (non-hydrogen) atoms. The van der Waals surface area contributed by atoms with E-state index in [9.17, 15) is 0 Å². The second-order valence-corrected chi connectivity index (χ2v) is 6.48. The Morgan fingerprint density at radius 1 is 0.704 bits per heavy atom. The van der Waals surface area contributed by atoms with Crippen molar-refractivity contribution in [1.29, 1.82) is 0 Å². The van der Waals surface area contributed by atoms with Gasteiger partial charge in [-0.1, -0.05) is 36.4 Å². The SMILES string of the molecule is COc1cccc(Oc2nnc(-c3ccc(C)c(C)c3)c3ccccc23)c1. The predicted molar refractivity (Wildman–Crippen MR) is 108 cm³/mol. The molecule has 4 nitrogen and oxygen atoms in total. The lowest BCUT2D eigenvalue weighted by atomic mass is 10.0. The lowest BCUT2D eigenvalue weighted by Crippen LogP contribution is -1.96. The molecular weight excluding hydrogens is 336 g/mol. The molecule has 0 aliphatic carbocycles. The zero-order valence-corrected chi connectivity index (χ0v) is 15.6. The van der Waals surface area contributed by atoms with E-state index >= 15 is 0 Å². The van der Waals surface area contributed by atoms with Crippen LogP contribution in [0.1, 0.15) is 11.1 Å². The second-order valence-electron chi connectivity index (χ2n) is 6.48. The van der Waals surface area contributed by atoms with Crippen molar-refractivity contribution >= 4 is 10.8 Å². The van der Waals surface area contributed by atoms with Crippen LogP contribution >= 0.6 is 0 Å². The number of nitrogens with zero attached hydrogens (tertiary/aromatic N) is 2. The Labute approximate surface area is 158 Å². The van der Waals surface area contributed by atoms with Gasteiger partial charge in [0, 0.05) is 22.4 Å². The highest BCUT2D eigenvalue weighted by atomic mass is 16.5. The first-order valence-corrected chi connectivity index (χ1v) is 8.80. The Bertz CT molecular complexity index is 1120. The van der Waals surface area contributed by atoms with Crippen molar-refractivity contribution in [2.24, 2.45) is 0 Å². The van der Waals surface area contributed by atoms with E-state index in [1.54, 1.807) is 7.11 Å². The Morgan fingerprint density at radius 3 is 2.26 bits per heavy atom. The van der Waals surface area contributed by atoms with E-state index in [-0.39, 0.29) is 0 Å². The van der Waals surface area contributed by atoms with Gasteiger partial charge in [0.1, 0.15) is 17.2 Å². The molecule has 0 spiro atoms. The summed E-state index contributed by atoms with van der Waals surface area (Å²) >= 11 is 0. The smallest absolute Gasteiger partial charge is 0.246 e. The molecule has 0 aliphatic rings. The number of rotatable bonds is 4. The lowest BCUT2D eigenvalue weighted by molar-refractivity contribution is 0.407. The first kappa shape index (κ1) is 17.0. The molecule has 1 heterocycles. The molecule has 0 aliphatic heterocycles. The largest absolute Gasteiger partial charge is 0.497 e. The van der Waals surface area contributed by atoms with Crippen molar-refractivity contribution in [3.8, 4) is 28.6 Å². The van der Waals surface area contributed by atoms with E-state index in [0.29, 0.717) is 11.6 Å². The minimum absolute atomic E-state index is 0.478. The maximum Gasteiger partial charge on any atom is 0.246 e. The van der Waals surface area contributed by atoms with Crippen molar-refractivity contribution in [3.63, 3.8) is 0 Å². The number of benzene rings is 3. The highest BCUT2D eigenvalue weighted by molar-refractivity contribution is 5.97. The number of ether oxygens (including phenoxy) is 2. The molecule has 0 unspecified atom stereocenters. The van der Waals surface area contributed by atoms with Crippen molar-refractivity contribution in [2.75, 3.05) is 7.11 Å². The zero-order valence-electron chi connectivity index (χ0n) is 15.6. The molecule has 0 saturated heterocycles. The first-order chi connectivity index (χ1) is 13.2. The molecule has 4 heteroatoms. The summed E-state index contributed by atoms with van der Waals surface area (Å²) in [5.41, 5.74) is 4.39. The Kier molecular flexibility index (Phi) is 4.47. The molecule has 0 amide bonds. The van der Waals surface area contributed by atoms with Crippen LogP contribution in [0.3, 0.4) is 0 Å². The average molecular weight is 356 g/mol. The molecule has 0 bridgehead atoms. The van der Waals surface area contributed by atoms with Gasteiger partial charge in [0.25, 0.3) is 0 Å². The van der Waals surface area contributed by atoms with Gasteiger partial charge >= 0.3 is 0 Å². The molecule has 0 fully saturated rings. The van der Waals surface area contributed by atoms with Gasteiger partial charge in [-0.15, -0.1) is 10.2 Å². The number of hydrogen-bond acceptors (Lipinski definition) is 4. The fraction of sp³-hybridized carbons (Fsp3) is 0.130. The van der Waals surface area contributed by atoms with Gasteiger partial charge in [-0.3, -0.25) is 0 Å². The van der Waals surface area contributed by atoms with Crippen LogP contribution in [0.15, 0.2) is 66.7 Å². The minimum Gasteiger partial charge on any atom is -0.497 e. The second kappa shape index (κ2) is 7.08. The molecule has 0 N–H and O–H groups in total. The summed E-state index contributed by atoms with van der Waals surface area (Å²) in [5.74, 6) is 1.87. The molecule has 1 aromatic heterocycles. The molecule has 0 saturated carbocycles. The zero-order chi connectivity index (χ0) is 18.8. The summed E-state index contributed by atoms with van der Waals surface area (Å²) in [4.78, 5) is 0. The quantitative estimate of drug-likeness (QED) is 0.469. The normalized spacial score (nSPS) is 10.8. The van der Waals surface area contributed by atoms with Crippen LogP contribution in [-0.4, -0.2) is 17.3 Å². The maximum absolute atomic E-state index is 6.01.